The standard InChI is InChI=1S/C17H22F2N4O2S/c1-3-17(18,19)9-8-10(23-6-4-16(2,25)5-7-23)22-15-11(9)12(20)13(26-15)14(21)24/h8,25H,3-7,20H2,1-2H3,(H2,21,24). The summed E-state index contributed by atoms with van der Waals surface area (Å²) < 4.78 is 29.2. The van der Waals surface area contributed by atoms with E-state index in [0.717, 1.165) is 11.3 Å². The van der Waals surface area contributed by atoms with Gasteiger partial charge in [-0.2, -0.15) is 0 Å². The Bertz CT molecular complexity index is 856. The number of nitrogens with zero attached hydrogens (tertiary/aromatic N) is 2. The van der Waals surface area contributed by atoms with Crippen molar-refractivity contribution in [2.75, 3.05) is 23.7 Å². The molecule has 0 aliphatic carbocycles. The minimum atomic E-state index is -3.11. The van der Waals surface area contributed by atoms with E-state index in [0.29, 0.717) is 31.7 Å². The lowest BCUT2D eigenvalue weighted by atomic mass is 9.93. The normalized spacial score (nSPS) is 17.7. The molecule has 2 aromatic rings. The summed E-state index contributed by atoms with van der Waals surface area (Å²) in [5.41, 5.74) is 10.2. The van der Waals surface area contributed by atoms with E-state index in [1.165, 1.54) is 13.0 Å². The van der Waals surface area contributed by atoms with Gasteiger partial charge < -0.3 is 21.5 Å². The monoisotopic (exact) mass is 384 g/mol. The molecule has 0 aromatic carbocycles. The number of amides is 1. The highest BCUT2D eigenvalue weighted by molar-refractivity contribution is 7.21. The van der Waals surface area contributed by atoms with E-state index in [-0.39, 0.29) is 26.3 Å². The van der Waals surface area contributed by atoms with E-state index in [4.69, 9.17) is 11.5 Å². The molecule has 1 aliphatic heterocycles. The third-order valence-corrected chi connectivity index (χ3v) is 6.03. The molecule has 3 rings (SSSR count). The van der Waals surface area contributed by atoms with Crippen LogP contribution in [-0.4, -0.2) is 34.7 Å². The molecule has 3 heterocycles. The molecule has 5 N–H and O–H groups in total. The Morgan fingerprint density at radius 1 is 1.46 bits per heavy atom. The highest BCUT2D eigenvalue weighted by atomic mass is 32.1. The number of anilines is 2. The summed E-state index contributed by atoms with van der Waals surface area (Å²) in [7, 11) is 0. The number of hydrogen-bond acceptors (Lipinski definition) is 6. The Hall–Kier alpha value is -2.00. The molecule has 142 valence electrons. The maximum Gasteiger partial charge on any atom is 0.273 e. The Morgan fingerprint density at radius 3 is 2.62 bits per heavy atom. The second-order valence-corrected chi connectivity index (χ2v) is 7.96. The van der Waals surface area contributed by atoms with Gasteiger partial charge in [0.2, 0.25) is 0 Å². The van der Waals surface area contributed by atoms with Gasteiger partial charge in [-0.25, -0.2) is 13.8 Å². The first kappa shape index (κ1) is 18.8. The van der Waals surface area contributed by atoms with E-state index < -0.39 is 23.9 Å². The van der Waals surface area contributed by atoms with Crippen molar-refractivity contribution in [3.8, 4) is 0 Å². The van der Waals surface area contributed by atoms with Crippen molar-refractivity contribution in [1.82, 2.24) is 4.98 Å². The average Bonchev–Trinajstić information content (AvgIpc) is 2.91. The number of nitrogen functional groups attached to an aromatic ring is 1. The second kappa shape index (κ2) is 6.31. The van der Waals surface area contributed by atoms with Crippen LogP contribution >= 0.6 is 11.3 Å². The maximum atomic E-state index is 14.6. The molecule has 0 radical (unpaired) electrons. The van der Waals surface area contributed by atoms with E-state index >= 15 is 0 Å². The van der Waals surface area contributed by atoms with Gasteiger partial charge in [0.05, 0.1) is 11.3 Å². The van der Waals surface area contributed by atoms with Gasteiger partial charge in [0.15, 0.2) is 0 Å². The molecule has 0 saturated carbocycles. The smallest absolute Gasteiger partial charge is 0.273 e. The highest BCUT2D eigenvalue weighted by Gasteiger charge is 2.36. The van der Waals surface area contributed by atoms with Crippen LogP contribution in [0.2, 0.25) is 0 Å². The molecular formula is C17H22F2N4O2S. The van der Waals surface area contributed by atoms with Crippen LogP contribution in [0, 0.1) is 0 Å². The summed E-state index contributed by atoms with van der Waals surface area (Å²) in [6.45, 7) is 4.16. The number of pyridine rings is 1. The van der Waals surface area contributed by atoms with Crippen molar-refractivity contribution < 1.29 is 18.7 Å². The predicted molar refractivity (Wildman–Crippen MR) is 98.8 cm³/mol. The Kier molecular flexibility index (Phi) is 4.56. The number of alkyl halides is 2. The summed E-state index contributed by atoms with van der Waals surface area (Å²) in [6.07, 6.45) is 0.637. The molecule has 0 atom stereocenters. The first-order chi connectivity index (χ1) is 12.1. The molecule has 26 heavy (non-hydrogen) atoms. The number of aromatic nitrogens is 1. The fourth-order valence-electron chi connectivity index (χ4n) is 3.15. The number of aliphatic hydroxyl groups is 1. The van der Waals surface area contributed by atoms with Crippen molar-refractivity contribution in [3.05, 3.63) is 16.5 Å². The van der Waals surface area contributed by atoms with Crippen molar-refractivity contribution in [1.29, 1.82) is 0 Å². The van der Waals surface area contributed by atoms with E-state index in [1.54, 1.807) is 6.92 Å². The number of thiophene rings is 1. The first-order valence-corrected chi connectivity index (χ1v) is 9.26. The number of fused-ring (bicyclic) bond motifs is 1. The highest BCUT2D eigenvalue weighted by Crippen LogP contribution is 2.44. The molecule has 1 amide bonds. The zero-order valence-corrected chi connectivity index (χ0v) is 15.5. The van der Waals surface area contributed by atoms with Crippen molar-refractivity contribution in [2.24, 2.45) is 5.73 Å². The van der Waals surface area contributed by atoms with Gasteiger partial charge in [-0.05, 0) is 25.8 Å². The molecule has 1 aliphatic rings. The van der Waals surface area contributed by atoms with Crippen LogP contribution in [0.1, 0.15) is 48.3 Å². The minimum Gasteiger partial charge on any atom is -0.397 e. The molecule has 0 unspecified atom stereocenters. The largest absolute Gasteiger partial charge is 0.397 e. The quantitative estimate of drug-likeness (QED) is 0.752. The van der Waals surface area contributed by atoms with Crippen LogP contribution in [0.3, 0.4) is 0 Å². The summed E-state index contributed by atoms with van der Waals surface area (Å²) in [5, 5.41) is 10.2. The Labute approximate surface area is 153 Å². The number of hydrogen-bond donors (Lipinski definition) is 3. The average molecular weight is 384 g/mol. The van der Waals surface area contributed by atoms with Crippen molar-refractivity contribution in [3.63, 3.8) is 0 Å². The van der Waals surface area contributed by atoms with Gasteiger partial charge in [-0.15, -0.1) is 11.3 Å². The molecule has 1 fully saturated rings. The van der Waals surface area contributed by atoms with Crippen LogP contribution in [0.5, 0.6) is 0 Å². The predicted octanol–water partition coefficient (Wildman–Crippen LogP) is 2.83. The first-order valence-electron chi connectivity index (χ1n) is 8.44. The molecule has 6 nitrogen and oxygen atoms in total. The summed E-state index contributed by atoms with van der Waals surface area (Å²) in [5.74, 6) is -3.47. The molecule has 0 spiro atoms. The van der Waals surface area contributed by atoms with Crippen LogP contribution in [0.25, 0.3) is 10.2 Å². The number of halogens is 2. The summed E-state index contributed by atoms with van der Waals surface area (Å²) in [4.78, 5) is 18.2. The van der Waals surface area contributed by atoms with Gasteiger partial charge in [0.1, 0.15) is 15.5 Å². The minimum absolute atomic E-state index is 0.0405. The lowest BCUT2D eigenvalue weighted by Crippen LogP contribution is -2.42. The van der Waals surface area contributed by atoms with Crippen LogP contribution < -0.4 is 16.4 Å². The fourth-order valence-corrected chi connectivity index (χ4v) is 4.12. The molecule has 0 bridgehead atoms. The van der Waals surface area contributed by atoms with E-state index in [1.807, 2.05) is 4.90 Å². The fraction of sp³-hybridized carbons (Fsp3) is 0.529. The topological polar surface area (TPSA) is 105 Å². The molecular weight excluding hydrogens is 362 g/mol. The zero-order chi connectivity index (χ0) is 19.3. The summed E-state index contributed by atoms with van der Waals surface area (Å²) >= 11 is 0.931. The lowest BCUT2D eigenvalue weighted by Gasteiger charge is -2.36. The number of nitrogens with two attached hydrogens (primary N) is 2. The van der Waals surface area contributed by atoms with Gasteiger partial charge in [0.25, 0.3) is 11.8 Å². The molecule has 1 saturated heterocycles. The number of carbonyl (C=O) groups is 1. The van der Waals surface area contributed by atoms with Crippen LogP contribution in [-0.2, 0) is 5.92 Å². The van der Waals surface area contributed by atoms with Gasteiger partial charge in [0, 0.05) is 30.5 Å². The number of primary amides is 1. The Morgan fingerprint density at radius 2 is 2.08 bits per heavy atom. The van der Waals surface area contributed by atoms with E-state index in [9.17, 15) is 18.7 Å². The van der Waals surface area contributed by atoms with Crippen molar-refractivity contribution >= 4 is 39.0 Å². The Balaban J connectivity index is 2.16. The third-order valence-electron chi connectivity index (χ3n) is 4.91. The van der Waals surface area contributed by atoms with E-state index in [2.05, 4.69) is 4.98 Å². The van der Waals surface area contributed by atoms with Crippen LogP contribution in [0.4, 0.5) is 20.3 Å². The number of piperidine rings is 1. The lowest BCUT2D eigenvalue weighted by molar-refractivity contribution is -0.00678. The second-order valence-electron chi connectivity index (χ2n) is 6.96. The zero-order valence-electron chi connectivity index (χ0n) is 14.7. The molecule has 2 aromatic heterocycles. The van der Waals surface area contributed by atoms with Gasteiger partial charge >= 0.3 is 0 Å². The third kappa shape index (κ3) is 3.21. The number of carbonyl (C=O) groups excluding carboxylic acids is 1. The summed E-state index contributed by atoms with van der Waals surface area (Å²) in [6, 6.07) is 1.35. The van der Waals surface area contributed by atoms with Gasteiger partial charge in [-0.1, -0.05) is 6.92 Å². The number of rotatable bonds is 4. The van der Waals surface area contributed by atoms with Crippen molar-refractivity contribution in [2.45, 2.75) is 44.6 Å². The maximum absolute atomic E-state index is 14.6. The molecule has 9 heteroatoms. The SMILES string of the molecule is CCC(F)(F)c1cc(N2CCC(C)(O)CC2)nc2sc(C(N)=O)c(N)c12. The van der Waals surface area contributed by atoms with Gasteiger partial charge in [-0.3, -0.25) is 4.79 Å². The van der Waals surface area contributed by atoms with Crippen LogP contribution in [0.15, 0.2) is 6.07 Å².